The summed E-state index contributed by atoms with van der Waals surface area (Å²) < 4.78 is 11.0. The number of urea groups is 1. The first-order valence-corrected chi connectivity index (χ1v) is 16.0. The van der Waals surface area contributed by atoms with Gasteiger partial charge in [-0.05, 0) is 44.5 Å². The van der Waals surface area contributed by atoms with Crippen molar-refractivity contribution in [3.05, 3.63) is 144 Å². The average molecular weight is 645 g/mol. The van der Waals surface area contributed by atoms with Crippen LogP contribution < -0.4 is 5.32 Å². The van der Waals surface area contributed by atoms with E-state index in [1.165, 1.54) is 4.90 Å². The van der Waals surface area contributed by atoms with Crippen LogP contribution in [0, 0.1) is 5.92 Å². The van der Waals surface area contributed by atoms with Crippen molar-refractivity contribution < 1.29 is 29.0 Å². The standard InChI is InChI=1S/C40H40N2O6/c1-28(2)24-42(25-36(43)38(44)47-26-29-12-5-3-6-13-29)40(46)41-37(39(45)48-27-30-14-7-4-8-15-30)33-22-20-32(21-23-33)35-19-11-17-31-16-9-10-18-34(31)35/h3-23,28,36-37,43H,24-27H2,1-2H3,(H,41,46). The van der Waals surface area contributed by atoms with Gasteiger partial charge in [0, 0.05) is 6.54 Å². The van der Waals surface area contributed by atoms with Crippen LogP contribution in [0.25, 0.3) is 21.9 Å². The average Bonchev–Trinajstić information content (AvgIpc) is 3.12. The second-order valence-electron chi connectivity index (χ2n) is 12.0. The van der Waals surface area contributed by atoms with Crippen molar-refractivity contribution in [1.82, 2.24) is 10.2 Å². The number of amides is 2. The Kier molecular flexibility index (Phi) is 11.6. The number of nitrogens with one attached hydrogen (secondary N) is 1. The zero-order valence-corrected chi connectivity index (χ0v) is 27.1. The quantitative estimate of drug-likeness (QED) is 0.133. The second-order valence-corrected chi connectivity index (χ2v) is 12.0. The van der Waals surface area contributed by atoms with Crippen molar-refractivity contribution >= 4 is 28.7 Å². The molecule has 0 heterocycles. The number of aliphatic hydroxyl groups excluding tert-OH is 1. The maximum absolute atomic E-state index is 13.8. The fourth-order valence-electron chi connectivity index (χ4n) is 5.43. The molecule has 2 unspecified atom stereocenters. The molecule has 246 valence electrons. The van der Waals surface area contributed by atoms with E-state index >= 15 is 0 Å². The summed E-state index contributed by atoms with van der Waals surface area (Å²) in [5.74, 6) is -1.48. The second kappa shape index (κ2) is 16.4. The SMILES string of the molecule is CC(C)CN(CC(O)C(=O)OCc1ccccc1)C(=O)NC(C(=O)OCc1ccccc1)c1ccc(-c2cccc3ccccc23)cc1. The summed E-state index contributed by atoms with van der Waals surface area (Å²) in [4.78, 5) is 41.3. The van der Waals surface area contributed by atoms with E-state index in [2.05, 4.69) is 23.5 Å². The van der Waals surface area contributed by atoms with Crippen LogP contribution in [0.1, 0.15) is 36.6 Å². The van der Waals surface area contributed by atoms with Gasteiger partial charge in [-0.25, -0.2) is 14.4 Å². The normalized spacial score (nSPS) is 12.2. The molecule has 0 spiro atoms. The highest BCUT2D eigenvalue weighted by Crippen LogP contribution is 2.30. The Bertz CT molecular complexity index is 1800. The molecule has 0 aliphatic carbocycles. The van der Waals surface area contributed by atoms with E-state index in [-0.39, 0.29) is 32.2 Å². The highest BCUT2D eigenvalue weighted by molar-refractivity contribution is 5.96. The zero-order valence-electron chi connectivity index (χ0n) is 27.1. The Hall–Kier alpha value is -5.47. The summed E-state index contributed by atoms with van der Waals surface area (Å²) in [6, 6.07) is 38.3. The third kappa shape index (κ3) is 9.08. The lowest BCUT2D eigenvalue weighted by atomic mass is 9.96. The van der Waals surface area contributed by atoms with Crippen molar-refractivity contribution in [1.29, 1.82) is 0 Å². The Balaban J connectivity index is 1.35. The van der Waals surface area contributed by atoms with E-state index in [0.29, 0.717) is 5.56 Å². The summed E-state index contributed by atoms with van der Waals surface area (Å²) in [7, 11) is 0. The fraction of sp³-hybridized carbons (Fsp3) is 0.225. The number of aliphatic hydroxyl groups is 1. The largest absolute Gasteiger partial charge is 0.459 e. The molecule has 2 N–H and O–H groups in total. The Morgan fingerprint density at radius 3 is 1.85 bits per heavy atom. The van der Waals surface area contributed by atoms with E-state index in [1.807, 2.05) is 111 Å². The molecule has 48 heavy (non-hydrogen) atoms. The molecule has 8 heteroatoms. The number of nitrogens with zero attached hydrogens (tertiary/aromatic N) is 1. The number of ether oxygens (including phenoxy) is 2. The van der Waals surface area contributed by atoms with Gasteiger partial charge in [0.15, 0.2) is 12.1 Å². The van der Waals surface area contributed by atoms with E-state index in [4.69, 9.17) is 9.47 Å². The van der Waals surface area contributed by atoms with E-state index in [0.717, 1.165) is 33.0 Å². The molecule has 5 aromatic rings. The monoisotopic (exact) mass is 644 g/mol. The number of carbonyl (C=O) groups excluding carboxylic acids is 3. The van der Waals surface area contributed by atoms with Gasteiger partial charge in [-0.3, -0.25) is 0 Å². The van der Waals surface area contributed by atoms with Gasteiger partial charge in [0.25, 0.3) is 0 Å². The van der Waals surface area contributed by atoms with Crippen molar-refractivity contribution in [3.8, 4) is 11.1 Å². The predicted octanol–water partition coefficient (Wildman–Crippen LogP) is 7.06. The number of hydrogen-bond acceptors (Lipinski definition) is 6. The number of carbonyl (C=O) groups is 3. The van der Waals surface area contributed by atoms with Gasteiger partial charge in [0.05, 0.1) is 6.54 Å². The van der Waals surface area contributed by atoms with Crippen LogP contribution in [0.15, 0.2) is 127 Å². The molecule has 0 fully saturated rings. The van der Waals surface area contributed by atoms with Crippen LogP contribution in [0.2, 0.25) is 0 Å². The summed E-state index contributed by atoms with van der Waals surface area (Å²) in [5, 5.41) is 15.8. The van der Waals surface area contributed by atoms with Crippen molar-refractivity contribution in [2.75, 3.05) is 13.1 Å². The highest BCUT2D eigenvalue weighted by Gasteiger charge is 2.30. The molecular weight excluding hydrogens is 604 g/mol. The Labute approximate surface area is 280 Å². The van der Waals surface area contributed by atoms with Gasteiger partial charge in [-0.1, -0.05) is 141 Å². The molecule has 5 aromatic carbocycles. The third-order valence-corrected chi connectivity index (χ3v) is 7.83. The summed E-state index contributed by atoms with van der Waals surface area (Å²) in [5.41, 5.74) is 4.11. The van der Waals surface area contributed by atoms with Crippen LogP contribution >= 0.6 is 0 Å². The molecular formula is C40H40N2O6. The molecule has 5 rings (SSSR count). The van der Waals surface area contributed by atoms with Gasteiger partial charge in [0.2, 0.25) is 0 Å². The van der Waals surface area contributed by atoms with Crippen LogP contribution in [0.3, 0.4) is 0 Å². The summed E-state index contributed by atoms with van der Waals surface area (Å²) >= 11 is 0. The smallest absolute Gasteiger partial charge is 0.337 e. The molecule has 0 saturated carbocycles. The van der Waals surface area contributed by atoms with E-state index in [1.54, 1.807) is 12.1 Å². The van der Waals surface area contributed by atoms with Gasteiger partial charge < -0.3 is 24.8 Å². The Morgan fingerprint density at radius 2 is 1.23 bits per heavy atom. The molecule has 0 saturated heterocycles. The first-order chi connectivity index (χ1) is 23.3. The minimum Gasteiger partial charge on any atom is -0.459 e. The molecule has 2 atom stereocenters. The third-order valence-electron chi connectivity index (χ3n) is 7.83. The van der Waals surface area contributed by atoms with E-state index in [9.17, 15) is 19.5 Å². The topological polar surface area (TPSA) is 105 Å². The molecule has 0 aliphatic rings. The van der Waals surface area contributed by atoms with Gasteiger partial charge >= 0.3 is 18.0 Å². The number of fused-ring (bicyclic) bond motifs is 1. The first kappa shape index (κ1) is 33.9. The lowest BCUT2D eigenvalue weighted by molar-refractivity contribution is -0.155. The summed E-state index contributed by atoms with van der Waals surface area (Å²) in [6.07, 6.45) is -1.58. The molecule has 0 bridgehead atoms. The minimum atomic E-state index is -1.58. The van der Waals surface area contributed by atoms with Crippen LogP contribution in [-0.2, 0) is 32.3 Å². The summed E-state index contributed by atoms with van der Waals surface area (Å²) in [6.45, 7) is 3.76. The Morgan fingerprint density at radius 1 is 0.667 bits per heavy atom. The molecule has 0 aliphatic heterocycles. The zero-order chi connectivity index (χ0) is 33.9. The lowest BCUT2D eigenvalue weighted by Gasteiger charge is -2.28. The lowest BCUT2D eigenvalue weighted by Crippen LogP contribution is -2.49. The minimum absolute atomic E-state index is 0.00277. The van der Waals surface area contributed by atoms with Crippen LogP contribution in [0.4, 0.5) is 4.79 Å². The van der Waals surface area contributed by atoms with Crippen molar-refractivity contribution in [2.45, 2.75) is 39.2 Å². The van der Waals surface area contributed by atoms with E-state index < -0.39 is 30.1 Å². The number of rotatable bonds is 13. The molecule has 2 amide bonds. The highest BCUT2D eigenvalue weighted by atomic mass is 16.5. The number of benzene rings is 5. The fourth-order valence-corrected chi connectivity index (χ4v) is 5.43. The van der Waals surface area contributed by atoms with Gasteiger partial charge in [-0.15, -0.1) is 0 Å². The molecule has 8 nitrogen and oxygen atoms in total. The van der Waals surface area contributed by atoms with Gasteiger partial charge in [-0.2, -0.15) is 0 Å². The van der Waals surface area contributed by atoms with Crippen molar-refractivity contribution in [3.63, 3.8) is 0 Å². The molecule has 0 aromatic heterocycles. The number of esters is 2. The van der Waals surface area contributed by atoms with Gasteiger partial charge in [0.1, 0.15) is 13.2 Å². The van der Waals surface area contributed by atoms with Crippen molar-refractivity contribution in [2.24, 2.45) is 5.92 Å². The molecule has 0 radical (unpaired) electrons. The number of hydrogen-bond donors (Lipinski definition) is 2. The maximum atomic E-state index is 13.8. The predicted molar refractivity (Wildman–Crippen MR) is 186 cm³/mol. The first-order valence-electron chi connectivity index (χ1n) is 16.0. The maximum Gasteiger partial charge on any atom is 0.337 e. The van der Waals surface area contributed by atoms with Crippen LogP contribution in [-0.4, -0.2) is 47.2 Å². The van der Waals surface area contributed by atoms with Crippen LogP contribution in [0.5, 0.6) is 0 Å².